The van der Waals surface area contributed by atoms with Crippen LogP contribution in [0.3, 0.4) is 0 Å². The molecule has 9 heteroatoms. The Kier molecular flexibility index (Phi) is 43.7. The number of nitrogens with one attached hydrogen (secondary N) is 1. The zero-order valence-electron chi connectivity index (χ0n) is 37.6. The van der Waals surface area contributed by atoms with Crippen molar-refractivity contribution in [2.24, 2.45) is 5.73 Å². The fourth-order valence-electron chi connectivity index (χ4n) is 7.30. The molecule has 338 valence electrons. The first-order valence-electron chi connectivity index (χ1n) is 24.5. The Labute approximate surface area is 353 Å². The summed E-state index contributed by atoms with van der Waals surface area (Å²) in [7, 11) is -4.34. The number of hydrogen-bond acceptors (Lipinski definition) is 6. The van der Waals surface area contributed by atoms with Gasteiger partial charge >= 0.3 is 7.82 Å². The van der Waals surface area contributed by atoms with E-state index in [4.69, 9.17) is 14.8 Å². The molecular formula is C48H95N2O6P. The van der Waals surface area contributed by atoms with E-state index in [1.54, 1.807) is 6.08 Å². The molecule has 0 saturated heterocycles. The fraction of sp³-hybridized carbons (Fsp3) is 0.896. The molecule has 0 radical (unpaired) electrons. The molecule has 0 aliphatic heterocycles. The number of nitrogens with two attached hydrogens (primary N) is 1. The minimum Gasteiger partial charge on any atom is -0.387 e. The summed E-state index contributed by atoms with van der Waals surface area (Å²) < 4.78 is 22.2. The number of rotatable bonds is 46. The maximum absolute atomic E-state index is 12.8. The third-order valence-corrected chi connectivity index (χ3v) is 12.0. The summed E-state index contributed by atoms with van der Waals surface area (Å²) in [4.78, 5) is 22.8. The van der Waals surface area contributed by atoms with Gasteiger partial charge in [-0.1, -0.05) is 218 Å². The zero-order chi connectivity index (χ0) is 41.8. The molecule has 0 heterocycles. The lowest BCUT2D eigenvalue weighted by Crippen LogP contribution is -2.45. The van der Waals surface area contributed by atoms with Crippen LogP contribution in [-0.4, -0.2) is 47.8 Å². The van der Waals surface area contributed by atoms with Crippen LogP contribution in [0.25, 0.3) is 0 Å². The first-order valence-corrected chi connectivity index (χ1v) is 26.0. The number of aliphatic hydroxyl groups is 1. The highest BCUT2D eigenvalue weighted by Crippen LogP contribution is 2.43. The van der Waals surface area contributed by atoms with Crippen molar-refractivity contribution < 1.29 is 28.4 Å². The van der Waals surface area contributed by atoms with Crippen molar-refractivity contribution in [2.45, 2.75) is 257 Å². The van der Waals surface area contributed by atoms with Crippen LogP contribution in [0.2, 0.25) is 0 Å². The minimum absolute atomic E-state index is 0.0795. The van der Waals surface area contributed by atoms with Gasteiger partial charge in [-0.05, 0) is 44.9 Å². The van der Waals surface area contributed by atoms with Crippen LogP contribution in [-0.2, 0) is 18.4 Å². The van der Waals surface area contributed by atoms with Crippen molar-refractivity contribution >= 4 is 13.7 Å². The molecule has 3 unspecified atom stereocenters. The van der Waals surface area contributed by atoms with Crippen LogP contribution >= 0.6 is 7.82 Å². The number of amides is 1. The third kappa shape index (κ3) is 42.9. The van der Waals surface area contributed by atoms with Gasteiger partial charge in [-0.25, -0.2) is 4.57 Å². The number of carbonyl (C=O) groups is 1. The molecule has 8 nitrogen and oxygen atoms in total. The van der Waals surface area contributed by atoms with Gasteiger partial charge in [0.15, 0.2) is 0 Å². The predicted octanol–water partition coefficient (Wildman–Crippen LogP) is 14.1. The monoisotopic (exact) mass is 827 g/mol. The molecule has 5 N–H and O–H groups in total. The molecule has 0 aliphatic carbocycles. The summed E-state index contributed by atoms with van der Waals surface area (Å²) in [5.74, 6) is -0.194. The largest absolute Gasteiger partial charge is 0.472 e. The Hall–Kier alpha value is -1.02. The van der Waals surface area contributed by atoms with Gasteiger partial charge in [-0.15, -0.1) is 0 Å². The molecule has 0 aromatic heterocycles. The second-order valence-electron chi connectivity index (χ2n) is 16.7. The van der Waals surface area contributed by atoms with E-state index in [-0.39, 0.29) is 25.7 Å². The number of carbonyl (C=O) groups excluding carboxylic acids is 1. The Balaban J connectivity index is 4.13. The molecule has 0 aromatic carbocycles. The third-order valence-electron chi connectivity index (χ3n) is 11.0. The highest BCUT2D eigenvalue weighted by molar-refractivity contribution is 7.47. The minimum atomic E-state index is -4.34. The number of unbranched alkanes of at least 4 members (excludes halogenated alkanes) is 32. The summed E-state index contributed by atoms with van der Waals surface area (Å²) in [6, 6.07) is -0.859. The van der Waals surface area contributed by atoms with Gasteiger partial charge in [-0.2, -0.15) is 0 Å². The Morgan fingerprint density at radius 1 is 0.561 bits per heavy atom. The Bertz CT molecular complexity index is 948. The molecule has 0 bridgehead atoms. The van der Waals surface area contributed by atoms with E-state index in [2.05, 4.69) is 31.3 Å². The van der Waals surface area contributed by atoms with E-state index in [9.17, 15) is 19.4 Å². The van der Waals surface area contributed by atoms with E-state index in [1.807, 2.05) is 6.08 Å². The summed E-state index contributed by atoms with van der Waals surface area (Å²) in [6.07, 6.45) is 52.3. The Morgan fingerprint density at radius 3 is 1.30 bits per heavy atom. The predicted molar refractivity (Wildman–Crippen MR) is 245 cm³/mol. The average molecular weight is 827 g/mol. The first-order chi connectivity index (χ1) is 27.9. The van der Waals surface area contributed by atoms with Gasteiger partial charge in [0.1, 0.15) is 0 Å². The van der Waals surface area contributed by atoms with Gasteiger partial charge in [0.25, 0.3) is 0 Å². The number of phosphoric acid groups is 1. The summed E-state index contributed by atoms with van der Waals surface area (Å²) in [5.41, 5.74) is 5.39. The molecular weight excluding hydrogens is 732 g/mol. The van der Waals surface area contributed by atoms with Gasteiger partial charge in [0.05, 0.1) is 25.4 Å². The van der Waals surface area contributed by atoms with Gasteiger partial charge in [0, 0.05) is 13.0 Å². The van der Waals surface area contributed by atoms with Crippen LogP contribution in [0.1, 0.15) is 245 Å². The van der Waals surface area contributed by atoms with Crippen molar-refractivity contribution in [1.29, 1.82) is 0 Å². The van der Waals surface area contributed by atoms with E-state index in [0.29, 0.717) is 6.42 Å². The number of allylic oxidation sites excluding steroid dienone is 3. The zero-order valence-corrected chi connectivity index (χ0v) is 38.5. The van der Waals surface area contributed by atoms with Gasteiger partial charge in [-0.3, -0.25) is 13.8 Å². The standard InChI is InChI=1S/C48H95N2O6P/c1-3-5-7-9-11-13-15-17-19-21-23-25-27-29-31-33-35-37-39-41-47(51)46(45-56-57(53,54)55-44-43-49)50-48(52)42-40-38-36-34-32-30-28-26-24-22-20-18-16-14-12-10-8-6-4-2/h18,20,39,41,46-47,51H,3-17,19,21-38,40,42-45,49H2,1-2H3,(H,50,52)(H,53,54)/b20-18-,41-39+. The average Bonchev–Trinajstić information content (AvgIpc) is 3.20. The highest BCUT2D eigenvalue weighted by atomic mass is 31.2. The van der Waals surface area contributed by atoms with Crippen LogP contribution in [0, 0.1) is 0 Å². The van der Waals surface area contributed by atoms with Crippen LogP contribution < -0.4 is 11.1 Å². The molecule has 1 amide bonds. The van der Waals surface area contributed by atoms with Crippen LogP contribution in [0.15, 0.2) is 24.3 Å². The smallest absolute Gasteiger partial charge is 0.387 e. The van der Waals surface area contributed by atoms with E-state index < -0.39 is 20.0 Å². The van der Waals surface area contributed by atoms with Crippen molar-refractivity contribution in [3.63, 3.8) is 0 Å². The summed E-state index contributed by atoms with van der Waals surface area (Å²) in [5, 5.41) is 13.7. The first kappa shape index (κ1) is 56.0. The fourth-order valence-corrected chi connectivity index (χ4v) is 8.06. The van der Waals surface area contributed by atoms with Gasteiger partial charge in [0.2, 0.25) is 5.91 Å². The SMILES string of the molecule is CCCCCCCC/C=C\CCCCCCCCCCCC(=O)NC(COP(=O)(O)OCCN)C(O)/C=C/CCCCCCCCCCCCCCCCCCC. The van der Waals surface area contributed by atoms with Crippen molar-refractivity contribution in [1.82, 2.24) is 5.32 Å². The highest BCUT2D eigenvalue weighted by Gasteiger charge is 2.26. The van der Waals surface area contributed by atoms with Gasteiger partial charge < -0.3 is 21.1 Å². The Morgan fingerprint density at radius 2 is 0.912 bits per heavy atom. The quantitative estimate of drug-likeness (QED) is 0.0273. The number of hydrogen-bond donors (Lipinski definition) is 4. The molecule has 3 atom stereocenters. The molecule has 0 rings (SSSR count). The maximum atomic E-state index is 12.8. The lowest BCUT2D eigenvalue weighted by atomic mass is 10.0. The second-order valence-corrected chi connectivity index (χ2v) is 18.1. The lowest BCUT2D eigenvalue weighted by molar-refractivity contribution is -0.123. The van der Waals surface area contributed by atoms with Crippen molar-refractivity contribution in [3.05, 3.63) is 24.3 Å². The second kappa shape index (κ2) is 44.5. The normalized spacial score (nSPS) is 14.1. The van der Waals surface area contributed by atoms with Crippen LogP contribution in [0.5, 0.6) is 0 Å². The topological polar surface area (TPSA) is 131 Å². The molecule has 0 aliphatic rings. The van der Waals surface area contributed by atoms with Crippen molar-refractivity contribution in [3.8, 4) is 0 Å². The number of phosphoric ester groups is 1. The maximum Gasteiger partial charge on any atom is 0.472 e. The van der Waals surface area contributed by atoms with E-state index in [0.717, 1.165) is 38.5 Å². The summed E-state index contributed by atoms with van der Waals surface area (Å²) in [6.45, 7) is 4.16. The molecule has 0 spiro atoms. The summed E-state index contributed by atoms with van der Waals surface area (Å²) >= 11 is 0. The lowest BCUT2D eigenvalue weighted by Gasteiger charge is -2.23. The molecule has 57 heavy (non-hydrogen) atoms. The molecule has 0 saturated carbocycles. The van der Waals surface area contributed by atoms with E-state index in [1.165, 1.54) is 186 Å². The molecule has 0 fully saturated rings. The molecule has 0 aromatic rings. The number of aliphatic hydroxyl groups excluding tert-OH is 1. The van der Waals surface area contributed by atoms with Crippen LogP contribution in [0.4, 0.5) is 0 Å². The van der Waals surface area contributed by atoms with Crippen molar-refractivity contribution in [2.75, 3.05) is 19.8 Å². The van der Waals surface area contributed by atoms with E-state index >= 15 is 0 Å².